The van der Waals surface area contributed by atoms with Crippen LogP contribution >= 0.6 is 0 Å². The van der Waals surface area contributed by atoms with Crippen molar-refractivity contribution >= 4 is 22.3 Å². The molecule has 0 aliphatic carbocycles. The maximum atomic E-state index is 4.96. The van der Waals surface area contributed by atoms with Crippen LogP contribution in [-0.4, -0.2) is 52.1 Å². The normalized spacial score (nSPS) is 16.9. The lowest BCUT2D eigenvalue weighted by Crippen LogP contribution is -2.35. The van der Waals surface area contributed by atoms with Gasteiger partial charge in [-0.25, -0.2) is 0 Å². The van der Waals surface area contributed by atoms with Crippen molar-refractivity contribution < 1.29 is 0 Å². The molecule has 1 aromatic carbocycles. The molecular formula is C35H41N7. The number of likely N-dealkylation sites (tertiary alicyclic amines) is 1. The van der Waals surface area contributed by atoms with Gasteiger partial charge in [0.25, 0.3) is 0 Å². The summed E-state index contributed by atoms with van der Waals surface area (Å²) in [5.41, 5.74) is 9.45. The smallest absolute Gasteiger partial charge is 0.154 e. The molecule has 216 valence electrons. The van der Waals surface area contributed by atoms with E-state index in [1.807, 2.05) is 31.3 Å². The van der Waals surface area contributed by atoms with Crippen LogP contribution in [0, 0.1) is 0 Å². The Morgan fingerprint density at radius 3 is 2.64 bits per heavy atom. The van der Waals surface area contributed by atoms with E-state index in [2.05, 4.69) is 94.4 Å². The summed E-state index contributed by atoms with van der Waals surface area (Å²) < 4.78 is 0. The zero-order valence-corrected chi connectivity index (χ0v) is 24.8. The molecule has 0 bridgehead atoms. The molecule has 0 unspecified atom stereocenters. The predicted molar refractivity (Wildman–Crippen MR) is 175 cm³/mol. The summed E-state index contributed by atoms with van der Waals surface area (Å²) in [6, 6.07) is 12.5. The molecule has 1 fully saturated rings. The first-order valence-corrected chi connectivity index (χ1v) is 14.8. The summed E-state index contributed by atoms with van der Waals surface area (Å²) in [7, 11) is 0. The fourth-order valence-electron chi connectivity index (χ4n) is 5.51. The van der Waals surface area contributed by atoms with E-state index in [4.69, 9.17) is 9.98 Å². The van der Waals surface area contributed by atoms with E-state index in [1.165, 1.54) is 36.1 Å². The van der Waals surface area contributed by atoms with Crippen LogP contribution in [0.4, 0.5) is 0 Å². The third-order valence-corrected chi connectivity index (χ3v) is 7.82. The molecule has 42 heavy (non-hydrogen) atoms. The van der Waals surface area contributed by atoms with Crippen LogP contribution in [0.2, 0.25) is 0 Å². The largest absolute Gasteiger partial charge is 0.371 e. The van der Waals surface area contributed by atoms with Gasteiger partial charge in [-0.05, 0) is 68.0 Å². The number of benzene rings is 1. The van der Waals surface area contributed by atoms with Crippen molar-refractivity contribution in [2.75, 3.05) is 26.2 Å². The second-order valence-electron chi connectivity index (χ2n) is 10.7. The number of nitrogens with zero attached hydrogens (tertiary/aromatic N) is 4. The van der Waals surface area contributed by atoms with Gasteiger partial charge in [0.1, 0.15) is 5.69 Å². The lowest BCUT2D eigenvalue weighted by Gasteiger charge is -2.33. The summed E-state index contributed by atoms with van der Waals surface area (Å²) in [6.07, 6.45) is 15.7. The highest BCUT2D eigenvalue weighted by atomic mass is 15.2. The van der Waals surface area contributed by atoms with Gasteiger partial charge in [0.15, 0.2) is 5.84 Å². The molecule has 5 rings (SSSR count). The van der Waals surface area contributed by atoms with E-state index in [0.717, 1.165) is 64.6 Å². The number of H-pyrrole nitrogens is 1. The Kier molecular flexibility index (Phi) is 9.62. The van der Waals surface area contributed by atoms with Crippen molar-refractivity contribution in [3.05, 3.63) is 126 Å². The molecule has 2 aromatic heterocycles. The molecule has 0 spiro atoms. The molecule has 7 nitrogen and oxygen atoms in total. The molecule has 2 aliphatic rings. The van der Waals surface area contributed by atoms with Gasteiger partial charge in [0.05, 0.1) is 24.0 Å². The van der Waals surface area contributed by atoms with E-state index in [1.54, 1.807) is 0 Å². The van der Waals surface area contributed by atoms with E-state index in [-0.39, 0.29) is 0 Å². The molecule has 0 amide bonds. The zero-order valence-electron chi connectivity index (χ0n) is 24.8. The van der Waals surface area contributed by atoms with Crippen LogP contribution in [0.1, 0.15) is 50.1 Å². The van der Waals surface area contributed by atoms with Crippen LogP contribution in [0.5, 0.6) is 0 Å². The minimum Gasteiger partial charge on any atom is -0.371 e. The first-order chi connectivity index (χ1) is 20.6. The van der Waals surface area contributed by atoms with Gasteiger partial charge in [-0.2, -0.15) is 5.10 Å². The second kappa shape index (κ2) is 13.9. The molecule has 3 N–H and O–H groups in total. The Hall–Kier alpha value is -4.49. The Balaban J connectivity index is 1.35. The summed E-state index contributed by atoms with van der Waals surface area (Å²) in [5.74, 6) is 0.769. The van der Waals surface area contributed by atoms with Crippen LogP contribution in [-0.2, 0) is 6.54 Å². The molecule has 2 aliphatic heterocycles. The predicted octanol–water partition coefficient (Wildman–Crippen LogP) is 6.44. The van der Waals surface area contributed by atoms with Crippen LogP contribution in [0.15, 0.2) is 114 Å². The number of hydrogen-bond donors (Lipinski definition) is 3. The number of amidine groups is 1. The van der Waals surface area contributed by atoms with Crippen LogP contribution in [0.25, 0.3) is 16.5 Å². The maximum Gasteiger partial charge on any atom is 0.154 e. The number of rotatable bonds is 11. The average molecular weight is 560 g/mol. The molecule has 0 saturated carbocycles. The number of aromatic nitrogens is 3. The minimum atomic E-state index is 0.595. The topological polar surface area (TPSA) is 81.2 Å². The van der Waals surface area contributed by atoms with Crippen molar-refractivity contribution in [3.8, 4) is 0 Å². The Morgan fingerprint density at radius 1 is 1.12 bits per heavy atom. The minimum absolute atomic E-state index is 0.595. The molecule has 3 aromatic rings. The van der Waals surface area contributed by atoms with Crippen molar-refractivity contribution in [2.24, 2.45) is 4.99 Å². The number of fused-ring (bicyclic) bond motifs is 1. The lowest BCUT2D eigenvalue weighted by molar-refractivity contribution is 0.289. The third kappa shape index (κ3) is 6.69. The quantitative estimate of drug-likeness (QED) is 0.236. The van der Waals surface area contributed by atoms with Crippen molar-refractivity contribution in [1.82, 2.24) is 30.7 Å². The number of pyridine rings is 1. The van der Waals surface area contributed by atoms with Gasteiger partial charge < -0.3 is 15.5 Å². The van der Waals surface area contributed by atoms with E-state index in [0.29, 0.717) is 13.1 Å². The summed E-state index contributed by atoms with van der Waals surface area (Å²) in [4.78, 5) is 12.2. The number of hydrogen-bond acceptors (Lipinski definition) is 6. The molecule has 4 heterocycles. The third-order valence-electron chi connectivity index (χ3n) is 7.82. The van der Waals surface area contributed by atoms with Crippen LogP contribution < -0.4 is 10.6 Å². The summed E-state index contributed by atoms with van der Waals surface area (Å²) in [6.45, 7) is 16.4. The van der Waals surface area contributed by atoms with Gasteiger partial charge in [0.2, 0.25) is 0 Å². The molecule has 0 atom stereocenters. The maximum absolute atomic E-state index is 4.96. The van der Waals surface area contributed by atoms with Crippen LogP contribution in [0.3, 0.4) is 0 Å². The van der Waals surface area contributed by atoms with Crippen molar-refractivity contribution in [2.45, 2.75) is 39.7 Å². The van der Waals surface area contributed by atoms with E-state index in [9.17, 15) is 0 Å². The van der Waals surface area contributed by atoms with Gasteiger partial charge in [-0.3, -0.25) is 15.1 Å². The lowest BCUT2D eigenvalue weighted by atomic mass is 10.0. The Labute approximate surface area is 249 Å². The number of nitrogens with one attached hydrogen (secondary N) is 3. The molecule has 0 radical (unpaired) electrons. The standard InChI is InChI=1S/C35H41N7/c1-5-14-33(42-17-12-9-13-18-42)30-23-38-35(39-25(30)4)34-29-20-31(37-24-32(29)40-41-34)28(7-3)19-26(6-2)21-36-22-27-15-10-8-11-16-27/h5-8,10-11,14-16,19-20,24,36H,1-2,9,12-13,17-18,21-23H2,3-4H3,(H,38,39)(H,40,41)/b26-19+,28-7+,33-14+. The van der Waals surface area contributed by atoms with E-state index >= 15 is 0 Å². The summed E-state index contributed by atoms with van der Waals surface area (Å²) in [5, 5.41) is 15.8. The SMILES string of the molecule is C=C/C=C(\C1=C(C)NC(c2n[nH]c3cnc(C(/C=C(\C=C)CNCc4ccccc4)=C/C)cc23)=NC1)N1CCCCC1. The number of allylic oxidation sites excluding steroid dienone is 6. The Bertz CT molecular complexity index is 1580. The highest BCUT2D eigenvalue weighted by Gasteiger charge is 2.23. The average Bonchev–Trinajstić information content (AvgIpc) is 3.46. The molecule has 7 heteroatoms. The first kappa shape index (κ1) is 29.0. The first-order valence-electron chi connectivity index (χ1n) is 14.8. The van der Waals surface area contributed by atoms with Gasteiger partial charge in [-0.15, -0.1) is 0 Å². The highest BCUT2D eigenvalue weighted by molar-refractivity contribution is 6.09. The zero-order chi connectivity index (χ0) is 29.3. The fraction of sp³-hybridized carbons (Fsp3) is 0.286. The Morgan fingerprint density at radius 2 is 1.93 bits per heavy atom. The molecule has 1 saturated heterocycles. The molecular weight excluding hydrogens is 518 g/mol. The second-order valence-corrected chi connectivity index (χ2v) is 10.7. The van der Waals surface area contributed by atoms with Crippen molar-refractivity contribution in [1.29, 1.82) is 0 Å². The van der Waals surface area contributed by atoms with Crippen molar-refractivity contribution in [3.63, 3.8) is 0 Å². The van der Waals surface area contributed by atoms with Gasteiger partial charge >= 0.3 is 0 Å². The fourth-order valence-corrected chi connectivity index (χ4v) is 5.51. The highest BCUT2D eigenvalue weighted by Crippen LogP contribution is 2.27. The summed E-state index contributed by atoms with van der Waals surface area (Å²) >= 11 is 0. The van der Waals surface area contributed by atoms with Gasteiger partial charge in [0, 0.05) is 48.5 Å². The monoisotopic (exact) mass is 559 g/mol. The number of piperidine rings is 1. The van der Waals surface area contributed by atoms with Gasteiger partial charge in [-0.1, -0.05) is 61.7 Å². The van der Waals surface area contributed by atoms with E-state index < -0.39 is 0 Å². The number of aromatic amines is 1. The number of aliphatic imine (C=N–C) groups is 1.